The summed E-state index contributed by atoms with van der Waals surface area (Å²) in [6, 6.07) is 0.697. The molecule has 0 spiro atoms. The Morgan fingerprint density at radius 3 is 3.18 bits per heavy atom. The summed E-state index contributed by atoms with van der Waals surface area (Å²) in [6.07, 6.45) is 6.09. The van der Waals surface area contributed by atoms with Gasteiger partial charge in [-0.25, -0.2) is 0 Å². The van der Waals surface area contributed by atoms with Gasteiger partial charge in [0, 0.05) is 16.6 Å². The Bertz CT molecular complexity index is 449. The van der Waals surface area contributed by atoms with Crippen molar-refractivity contribution in [1.82, 2.24) is 9.88 Å². The average Bonchev–Trinajstić information content (AvgIpc) is 2.66. The number of aromatic nitrogens is 1. The molecule has 2 atom stereocenters. The number of hydrogen-bond donors (Lipinski definition) is 1. The first kappa shape index (κ1) is 11.5. The molecule has 1 aromatic heterocycles. The molecule has 1 aliphatic carbocycles. The molecule has 0 aromatic carbocycles. The first-order chi connectivity index (χ1) is 8.28. The van der Waals surface area contributed by atoms with Crippen LogP contribution in [0.3, 0.4) is 0 Å². The zero-order chi connectivity index (χ0) is 11.8. The number of thiazole rings is 1. The van der Waals surface area contributed by atoms with Gasteiger partial charge in [0.25, 0.3) is 0 Å². The lowest BCUT2D eigenvalue weighted by molar-refractivity contribution is 0.0857. The van der Waals surface area contributed by atoms with Crippen molar-refractivity contribution in [3.63, 3.8) is 0 Å². The molecule has 2 unspecified atom stereocenters. The topological polar surface area (TPSA) is 36.1 Å². The first-order valence-corrected chi connectivity index (χ1v) is 7.54. The summed E-state index contributed by atoms with van der Waals surface area (Å²) in [7, 11) is 0. The van der Waals surface area contributed by atoms with Crippen LogP contribution < -0.4 is 4.87 Å². The van der Waals surface area contributed by atoms with E-state index in [2.05, 4.69) is 16.8 Å². The Morgan fingerprint density at radius 2 is 2.35 bits per heavy atom. The molecule has 1 aromatic rings. The van der Waals surface area contributed by atoms with Crippen LogP contribution in [0.5, 0.6) is 0 Å². The van der Waals surface area contributed by atoms with Crippen molar-refractivity contribution >= 4 is 11.3 Å². The summed E-state index contributed by atoms with van der Waals surface area (Å²) in [5.74, 6) is 0.771. The molecule has 0 saturated carbocycles. The summed E-state index contributed by atoms with van der Waals surface area (Å²) < 4.78 is 0. The molecule has 0 bridgehead atoms. The van der Waals surface area contributed by atoms with Crippen LogP contribution >= 0.6 is 11.3 Å². The van der Waals surface area contributed by atoms with Gasteiger partial charge in [0.05, 0.1) is 0 Å². The van der Waals surface area contributed by atoms with Crippen molar-refractivity contribution in [2.24, 2.45) is 5.92 Å². The predicted molar refractivity (Wildman–Crippen MR) is 70.7 cm³/mol. The predicted octanol–water partition coefficient (Wildman–Crippen LogP) is 2.03. The minimum Gasteiger partial charge on any atom is -0.316 e. The zero-order valence-electron chi connectivity index (χ0n) is 10.4. The number of nitrogens with zero attached hydrogens (tertiary/aromatic N) is 1. The van der Waals surface area contributed by atoms with E-state index in [1.54, 1.807) is 0 Å². The summed E-state index contributed by atoms with van der Waals surface area (Å²) in [5.41, 5.74) is 1.24. The maximum Gasteiger partial charge on any atom is 0.304 e. The quantitative estimate of drug-likeness (QED) is 0.874. The van der Waals surface area contributed by atoms with Crippen LogP contribution in [0, 0.1) is 5.92 Å². The molecule has 1 saturated heterocycles. The van der Waals surface area contributed by atoms with Gasteiger partial charge < -0.3 is 4.98 Å². The highest BCUT2D eigenvalue weighted by Gasteiger charge is 2.36. The highest BCUT2D eigenvalue weighted by molar-refractivity contribution is 7.09. The summed E-state index contributed by atoms with van der Waals surface area (Å²) in [6.45, 7) is 4.73. The van der Waals surface area contributed by atoms with Crippen LogP contribution in [-0.4, -0.2) is 29.0 Å². The van der Waals surface area contributed by atoms with Crippen LogP contribution in [-0.2, 0) is 12.8 Å². The van der Waals surface area contributed by atoms with Crippen LogP contribution in [0.4, 0.5) is 0 Å². The smallest absolute Gasteiger partial charge is 0.304 e. The average molecular weight is 252 g/mol. The first-order valence-electron chi connectivity index (χ1n) is 6.73. The van der Waals surface area contributed by atoms with Crippen LogP contribution in [0.2, 0.25) is 0 Å². The SMILES string of the molecule is CCCN1CCCC2Cc3[nH]c(=O)sc3CC21. The molecule has 4 heteroatoms. The van der Waals surface area contributed by atoms with Crippen molar-refractivity contribution in [1.29, 1.82) is 0 Å². The van der Waals surface area contributed by atoms with E-state index >= 15 is 0 Å². The highest BCUT2D eigenvalue weighted by Crippen LogP contribution is 2.35. The van der Waals surface area contributed by atoms with E-state index < -0.39 is 0 Å². The van der Waals surface area contributed by atoms with E-state index in [0.717, 1.165) is 18.8 Å². The molecule has 94 valence electrons. The zero-order valence-corrected chi connectivity index (χ0v) is 11.2. The fraction of sp³-hybridized carbons (Fsp3) is 0.769. The molecule has 3 nitrogen and oxygen atoms in total. The van der Waals surface area contributed by atoms with Crippen molar-refractivity contribution in [3.8, 4) is 0 Å². The van der Waals surface area contributed by atoms with Crippen LogP contribution in [0.1, 0.15) is 36.8 Å². The summed E-state index contributed by atoms with van der Waals surface area (Å²) in [4.78, 5) is 18.5. The number of rotatable bonds is 2. The Labute approximate surface area is 106 Å². The molecular weight excluding hydrogens is 232 g/mol. The molecule has 0 radical (unpaired) electrons. The Morgan fingerprint density at radius 1 is 1.47 bits per heavy atom. The van der Waals surface area contributed by atoms with E-state index in [-0.39, 0.29) is 4.87 Å². The normalized spacial score (nSPS) is 28.8. The van der Waals surface area contributed by atoms with Crippen LogP contribution in [0.15, 0.2) is 4.79 Å². The number of nitrogens with one attached hydrogen (secondary N) is 1. The highest BCUT2D eigenvalue weighted by atomic mass is 32.1. The fourth-order valence-electron chi connectivity index (χ4n) is 3.49. The van der Waals surface area contributed by atoms with Gasteiger partial charge in [-0.2, -0.15) is 0 Å². The maximum absolute atomic E-state index is 11.4. The van der Waals surface area contributed by atoms with Crippen molar-refractivity contribution in [2.45, 2.75) is 45.1 Å². The van der Waals surface area contributed by atoms with Gasteiger partial charge in [-0.05, 0) is 51.1 Å². The van der Waals surface area contributed by atoms with Crippen LogP contribution in [0.25, 0.3) is 0 Å². The molecule has 1 aliphatic heterocycles. The van der Waals surface area contributed by atoms with Gasteiger partial charge in [0.15, 0.2) is 0 Å². The Kier molecular flexibility index (Phi) is 3.09. The standard InChI is InChI=1S/C13H20N2OS/c1-2-5-15-6-3-4-9-7-10-12(8-11(9)15)17-13(16)14-10/h9,11H,2-8H2,1H3,(H,14,16). The molecule has 3 rings (SSSR count). The van der Waals surface area contributed by atoms with Crippen molar-refractivity contribution < 1.29 is 0 Å². The van der Waals surface area contributed by atoms with Gasteiger partial charge in [-0.15, -0.1) is 0 Å². The third-order valence-corrected chi connectivity index (χ3v) is 5.16. The van der Waals surface area contributed by atoms with E-state index in [0.29, 0.717) is 6.04 Å². The lowest BCUT2D eigenvalue weighted by atomic mass is 9.79. The third kappa shape index (κ3) is 2.08. The summed E-state index contributed by atoms with van der Waals surface area (Å²) >= 11 is 1.43. The van der Waals surface area contributed by atoms with E-state index in [9.17, 15) is 4.79 Å². The van der Waals surface area contributed by atoms with E-state index in [4.69, 9.17) is 0 Å². The number of piperidine rings is 1. The number of hydrogen-bond acceptors (Lipinski definition) is 3. The van der Waals surface area contributed by atoms with Gasteiger partial charge in [-0.1, -0.05) is 18.3 Å². The van der Waals surface area contributed by atoms with Gasteiger partial charge >= 0.3 is 4.87 Å². The molecule has 0 amide bonds. The number of fused-ring (bicyclic) bond motifs is 2. The van der Waals surface area contributed by atoms with Crippen molar-refractivity contribution in [3.05, 3.63) is 20.2 Å². The summed E-state index contributed by atoms with van der Waals surface area (Å²) in [5, 5.41) is 0. The molecular formula is C13H20N2OS. The third-order valence-electron chi connectivity index (χ3n) is 4.21. The molecule has 1 N–H and O–H groups in total. The number of likely N-dealkylation sites (tertiary alicyclic amines) is 1. The molecule has 17 heavy (non-hydrogen) atoms. The Balaban J connectivity index is 1.85. The van der Waals surface area contributed by atoms with E-state index in [1.165, 1.54) is 54.3 Å². The minimum absolute atomic E-state index is 0.135. The minimum atomic E-state index is 0.135. The second-order valence-electron chi connectivity index (χ2n) is 5.33. The molecule has 2 heterocycles. The largest absolute Gasteiger partial charge is 0.316 e. The molecule has 1 fully saturated rings. The van der Waals surface area contributed by atoms with E-state index in [1.807, 2.05) is 0 Å². The maximum atomic E-state index is 11.4. The van der Waals surface area contributed by atoms with Crippen molar-refractivity contribution in [2.75, 3.05) is 13.1 Å². The van der Waals surface area contributed by atoms with Gasteiger partial charge in [0.1, 0.15) is 0 Å². The second kappa shape index (κ2) is 4.58. The fourth-order valence-corrected chi connectivity index (χ4v) is 4.40. The van der Waals surface area contributed by atoms with Gasteiger partial charge in [-0.3, -0.25) is 9.69 Å². The lowest BCUT2D eigenvalue weighted by Crippen LogP contribution is -2.49. The monoisotopic (exact) mass is 252 g/mol. The van der Waals surface area contributed by atoms with Gasteiger partial charge in [0.2, 0.25) is 0 Å². The molecule has 2 aliphatic rings. The second-order valence-corrected chi connectivity index (χ2v) is 6.40. The number of aromatic amines is 1. The Hall–Kier alpha value is -0.610. The number of H-pyrrole nitrogens is 1. The lowest BCUT2D eigenvalue weighted by Gasteiger charge is -2.43.